The number of amides is 1. The van der Waals surface area contributed by atoms with Gasteiger partial charge in [0.2, 0.25) is 15.9 Å². The van der Waals surface area contributed by atoms with Crippen molar-refractivity contribution >= 4 is 27.6 Å². The molecule has 0 saturated carbocycles. The van der Waals surface area contributed by atoms with E-state index in [1.54, 1.807) is 13.0 Å². The Labute approximate surface area is 148 Å². The predicted octanol–water partition coefficient (Wildman–Crippen LogP) is 2.06. The Morgan fingerprint density at radius 1 is 1.32 bits per heavy atom. The summed E-state index contributed by atoms with van der Waals surface area (Å²) >= 11 is 0. The van der Waals surface area contributed by atoms with Gasteiger partial charge in [0.1, 0.15) is 0 Å². The lowest BCUT2D eigenvalue weighted by molar-refractivity contribution is -0.141. The molecule has 8 heteroatoms. The fourth-order valence-electron chi connectivity index (χ4n) is 2.99. The number of rotatable bonds is 5. The number of anilines is 1. The number of sulfonamides is 1. The average Bonchev–Trinajstić information content (AvgIpc) is 2.56. The van der Waals surface area contributed by atoms with Crippen LogP contribution < -0.4 is 5.32 Å². The number of carbonyl (C=O) groups is 2. The molecule has 1 aromatic carbocycles. The second-order valence-corrected chi connectivity index (χ2v) is 8.09. The van der Waals surface area contributed by atoms with Crippen LogP contribution in [0.1, 0.15) is 38.2 Å². The largest absolute Gasteiger partial charge is 0.469 e. The summed E-state index contributed by atoms with van der Waals surface area (Å²) in [7, 11) is -2.47. The van der Waals surface area contributed by atoms with E-state index >= 15 is 0 Å². The van der Waals surface area contributed by atoms with Gasteiger partial charge in [-0.1, -0.05) is 12.5 Å². The number of nitrogens with zero attached hydrogens (tertiary/aromatic N) is 1. The number of aryl methyl sites for hydroxylation is 1. The van der Waals surface area contributed by atoms with Crippen molar-refractivity contribution in [2.45, 2.75) is 50.5 Å². The van der Waals surface area contributed by atoms with Crippen molar-refractivity contribution in [3.63, 3.8) is 0 Å². The molecule has 0 unspecified atom stereocenters. The monoisotopic (exact) mass is 368 g/mol. The summed E-state index contributed by atoms with van der Waals surface area (Å²) < 4.78 is 32.2. The number of benzene rings is 1. The van der Waals surface area contributed by atoms with E-state index in [-0.39, 0.29) is 17.2 Å². The lowest BCUT2D eigenvalue weighted by Gasteiger charge is -2.34. The van der Waals surface area contributed by atoms with E-state index < -0.39 is 22.0 Å². The number of ether oxygens (including phenoxy) is 1. The van der Waals surface area contributed by atoms with Crippen molar-refractivity contribution in [2.24, 2.45) is 0 Å². The molecular formula is C17H24N2O5S. The molecule has 138 valence electrons. The lowest BCUT2D eigenvalue weighted by Crippen LogP contribution is -2.44. The molecule has 0 bridgehead atoms. The van der Waals surface area contributed by atoms with Gasteiger partial charge < -0.3 is 10.1 Å². The fourth-order valence-corrected chi connectivity index (χ4v) is 4.71. The first-order valence-electron chi connectivity index (χ1n) is 8.22. The molecule has 1 heterocycles. The number of hydrogen-bond acceptors (Lipinski definition) is 5. The maximum Gasteiger partial charge on any atom is 0.307 e. The molecule has 0 aliphatic carbocycles. The van der Waals surface area contributed by atoms with Gasteiger partial charge in [0, 0.05) is 25.2 Å². The molecule has 1 aliphatic rings. The van der Waals surface area contributed by atoms with E-state index in [9.17, 15) is 18.0 Å². The molecule has 1 saturated heterocycles. The maximum atomic E-state index is 13.1. The Kier molecular flexibility index (Phi) is 6.18. The number of hydrogen-bond donors (Lipinski definition) is 1. The quantitative estimate of drug-likeness (QED) is 0.803. The first kappa shape index (κ1) is 19.4. The Balaban J connectivity index is 2.35. The second-order valence-electron chi connectivity index (χ2n) is 6.20. The molecule has 1 N–H and O–H groups in total. The summed E-state index contributed by atoms with van der Waals surface area (Å²) in [6, 6.07) is 4.25. The molecular weight excluding hydrogens is 344 g/mol. The lowest BCUT2D eigenvalue weighted by atomic mass is 10.0. The van der Waals surface area contributed by atoms with Crippen molar-refractivity contribution in [1.82, 2.24) is 4.31 Å². The van der Waals surface area contributed by atoms with Crippen molar-refractivity contribution in [1.29, 1.82) is 0 Å². The minimum absolute atomic E-state index is 0.0418. The molecule has 7 nitrogen and oxygen atoms in total. The SMILES string of the molecule is COC(=O)C[C@H]1CCCCN1S(=O)(=O)c1ccc(C)c(NC(C)=O)c1. The number of piperidine rings is 1. The summed E-state index contributed by atoms with van der Waals surface area (Å²) in [5.74, 6) is -0.686. The smallest absolute Gasteiger partial charge is 0.307 e. The van der Waals surface area contributed by atoms with Crippen LogP contribution in [0.4, 0.5) is 5.69 Å². The highest BCUT2D eigenvalue weighted by atomic mass is 32.2. The van der Waals surface area contributed by atoms with Gasteiger partial charge in [0.05, 0.1) is 18.4 Å². The summed E-state index contributed by atoms with van der Waals surface area (Å²) in [5.41, 5.74) is 1.24. The van der Waals surface area contributed by atoms with Gasteiger partial charge >= 0.3 is 5.97 Å². The van der Waals surface area contributed by atoms with E-state index in [1.165, 1.54) is 30.5 Å². The highest BCUT2D eigenvalue weighted by Crippen LogP contribution is 2.29. The van der Waals surface area contributed by atoms with E-state index in [2.05, 4.69) is 5.32 Å². The highest BCUT2D eigenvalue weighted by molar-refractivity contribution is 7.89. The molecule has 1 atom stereocenters. The molecule has 1 amide bonds. The Bertz CT molecular complexity index is 760. The summed E-state index contributed by atoms with van der Waals surface area (Å²) in [4.78, 5) is 23.0. The maximum absolute atomic E-state index is 13.1. The van der Waals surface area contributed by atoms with Crippen molar-refractivity contribution in [2.75, 3.05) is 19.0 Å². The molecule has 0 spiro atoms. The normalized spacial score (nSPS) is 18.6. The van der Waals surface area contributed by atoms with Crippen molar-refractivity contribution in [3.05, 3.63) is 23.8 Å². The first-order chi connectivity index (χ1) is 11.8. The van der Waals surface area contributed by atoms with E-state index in [4.69, 9.17) is 4.74 Å². The zero-order valence-electron chi connectivity index (χ0n) is 14.7. The van der Waals surface area contributed by atoms with Gasteiger partial charge in [-0.25, -0.2) is 8.42 Å². The van der Waals surface area contributed by atoms with E-state index in [1.807, 2.05) is 0 Å². The van der Waals surface area contributed by atoms with Crippen LogP contribution in [-0.2, 0) is 24.3 Å². The van der Waals surface area contributed by atoms with Crippen LogP contribution in [0.25, 0.3) is 0 Å². The van der Waals surface area contributed by atoms with Gasteiger partial charge in [-0.15, -0.1) is 0 Å². The summed E-state index contributed by atoms with van der Waals surface area (Å²) in [6.45, 7) is 3.54. The number of nitrogens with one attached hydrogen (secondary N) is 1. The number of carbonyl (C=O) groups excluding carboxylic acids is 2. The summed E-state index contributed by atoms with van der Waals surface area (Å²) in [5, 5.41) is 2.65. The minimum atomic E-state index is -3.77. The third-order valence-corrected chi connectivity index (χ3v) is 6.28. The van der Waals surface area contributed by atoms with Gasteiger partial charge in [0.15, 0.2) is 0 Å². The highest BCUT2D eigenvalue weighted by Gasteiger charge is 2.35. The predicted molar refractivity (Wildman–Crippen MR) is 93.6 cm³/mol. The second kappa shape index (κ2) is 7.97. The molecule has 1 aromatic rings. The van der Waals surface area contributed by atoms with Crippen LogP contribution in [0.3, 0.4) is 0 Å². The average molecular weight is 368 g/mol. The molecule has 0 aromatic heterocycles. The molecule has 1 fully saturated rings. The summed E-state index contributed by atoms with van der Waals surface area (Å²) in [6.07, 6.45) is 2.29. The van der Waals surface area contributed by atoms with Gasteiger partial charge in [-0.3, -0.25) is 9.59 Å². The third-order valence-electron chi connectivity index (χ3n) is 4.33. The van der Waals surface area contributed by atoms with Gasteiger partial charge in [0.25, 0.3) is 0 Å². The van der Waals surface area contributed by atoms with Gasteiger partial charge in [-0.2, -0.15) is 4.31 Å². The third kappa shape index (κ3) is 4.58. The molecule has 0 radical (unpaired) electrons. The van der Waals surface area contributed by atoms with Crippen LogP contribution in [0.15, 0.2) is 23.1 Å². The van der Waals surface area contributed by atoms with Crippen LogP contribution >= 0.6 is 0 Å². The zero-order valence-corrected chi connectivity index (χ0v) is 15.6. The molecule has 1 aliphatic heterocycles. The Morgan fingerprint density at radius 2 is 2.04 bits per heavy atom. The van der Waals surface area contributed by atoms with Crippen molar-refractivity contribution < 1.29 is 22.7 Å². The van der Waals surface area contributed by atoms with Crippen LogP contribution in [0.5, 0.6) is 0 Å². The molecule has 25 heavy (non-hydrogen) atoms. The number of methoxy groups -OCH3 is 1. The van der Waals surface area contributed by atoms with Gasteiger partial charge in [-0.05, 0) is 37.5 Å². The van der Waals surface area contributed by atoms with E-state index in [0.717, 1.165) is 18.4 Å². The van der Waals surface area contributed by atoms with Crippen LogP contribution in [0, 0.1) is 6.92 Å². The van der Waals surface area contributed by atoms with Crippen molar-refractivity contribution in [3.8, 4) is 0 Å². The topological polar surface area (TPSA) is 92.8 Å². The Hall–Kier alpha value is -1.93. The minimum Gasteiger partial charge on any atom is -0.469 e. The Morgan fingerprint density at radius 3 is 2.68 bits per heavy atom. The fraction of sp³-hybridized carbons (Fsp3) is 0.529. The number of esters is 1. The van der Waals surface area contributed by atoms with Crippen LogP contribution in [-0.4, -0.2) is 44.3 Å². The van der Waals surface area contributed by atoms with Crippen LogP contribution in [0.2, 0.25) is 0 Å². The first-order valence-corrected chi connectivity index (χ1v) is 9.66. The zero-order chi connectivity index (χ0) is 18.6. The molecule has 2 rings (SSSR count). The standard InChI is InChI=1S/C17H24N2O5S/c1-12-7-8-15(11-16(12)18-13(2)20)25(22,23)19-9-5-4-6-14(19)10-17(21)24-3/h7-8,11,14H,4-6,9-10H2,1-3H3,(H,18,20)/t14-/m1/s1. The van der Waals surface area contributed by atoms with E-state index in [0.29, 0.717) is 18.7 Å².